The fourth-order valence-electron chi connectivity index (χ4n) is 3.27. The fraction of sp³-hybridized carbons (Fsp3) is 0.333. The van der Waals surface area contributed by atoms with Gasteiger partial charge in [0, 0.05) is 16.6 Å². The molecule has 136 valence electrons. The van der Waals surface area contributed by atoms with Crippen LogP contribution in [0, 0.1) is 6.92 Å². The van der Waals surface area contributed by atoms with Crippen molar-refractivity contribution in [3.8, 4) is 0 Å². The Hall–Kier alpha value is -2.17. The number of carbonyl (C=O) groups is 1. The van der Waals surface area contributed by atoms with Gasteiger partial charge in [-0.05, 0) is 81.7 Å². The average molecular weight is 370 g/mol. The minimum Gasteiger partial charge on any atom is -0.307 e. The highest BCUT2D eigenvalue weighted by atomic mass is 35.5. The summed E-state index contributed by atoms with van der Waals surface area (Å²) in [6.07, 6.45) is 5.43. The zero-order valence-electron chi connectivity index (χ0n) is 15.4. The van der Waals surface area contributed by atoms with Crippen molar-refractivity contribution in [3.63, 3.8) is 0 Å². The van der Waals surface area contributed by atoms with E-state index in [1.54, 1.807) is 18.2 Å². The van der Waals surface area contributed by atoms with Crippen LogP contribution in [0.5, 0.6) is 0 Å². The molecule has 1 amide bonds. The van der Waals surface area contributed by atoms with Crippen LogP contribution in [0.1, 0.15) is 40.9 Å². The highest BCUT2D eigenvalue weighted by molar-refractivity contribution is 6.30. The Kier molecular flexibility index (Phi) is 5.74. The van der Waals surface area contributed by atoms with Gasteiger partial charge in [-0.1, -0.05) is 23.7 Å². The maximum atomic E-state index is 12.5. The Balaban J connectivity index is 1.75. The van der Waals surface area contributed by atoms with Crippen LogP contribution in [0.3, 0.4) is 0 Å². The number of rotatable bonds is 4. The third-order valence-electron chi connectivity index (χ3n) is 4.87. The van der Waals surface area contributed by atoms with Crippen LogP contribution in [0.15, 0.2) is 42.5 Å². The second kappa shape index (κ2) is 8.02. The Morgan fingerprint density at radius 1 is 1.27 bits per heavy atom. The molecular formula is C21H24ClN3O. The summed E-state index contributed by atoms with van der Waals surface area (Å²) in [6, 6.07) is 11.6. The topological polar surface area (TPSA) is 45.2 Å². The van der Waals surface area contributed by atoms with Gasteiger partial charge in [0.1, 0.15) is 5.82 Å². The van der Waals surface area contributed by atoms with Gasteiger partial charge < -0.3 is 10.2 Å². The Morgan fingerprint density at radius 2 is 2.08 bits per heavy atom. The Morgan fingerprint density at radius 3 is 2.73 bits per heavy atom. The molecule has 1 aromatic carbocycles. The lowest BCUT2D eigenvalue weighted by molar-refractivity contribution is 0.102. The van der Waals surface area contributed by atoms with Gasteiger partial charge in [0.25, 0.3) is 5.91 Å². The fourth-order valence-corrected chi connectivity index (χ4v) is 3.50. The molecule has 0 aliphatic heterocycles. The molecule has 2 aromatic rings. The van der Waals surface area contributed by atoms with Crippen molar-refractivity contribution in [3.05, 3.63) is 64.3 Å². The van der Waals surface area contributed by atoms with E-state index in [-0.39, 0.29) is 5.91 Å². The maximum absolute atomic E-state index is 12.5. The Labute approximate surface area is 159 Å². The molecule has 0 fully saturated rings. The van der Waals surface area contributed by atoms with E-state index in [2.05, 4.69) is 35.4 Å². The monoisotopic (exact) mass is 369 g/mol. The number of allylic oxidation sites excluding steroid dienone is 1. The first-order valence-electron chi connectivity index (χ1n) is 8.84. The van der Waals surface area contributed by atoms with Crippen molar-refractivity contribution in [2.75, 3.05) is 19.4 Å². The van der Waals surface area contributed by atoms with Gasteiger partial charge in [0.15, 0.2) is 0 Å². The number of pyridine rings is 1. The molecule has 3 rings (SSSR count). The average Bonchev–Trinajstić information content (AvgIpc) is 2.62. The second-order valence-electron chi connectivity index (χ2n) is 6.94. The molecule has 0 bridgehead atoms. The van der Waals surface area contributed by atoms with Crippen LogP contribution in [-0.2, 0) is 0 Å². The van der Waals surface area contributed by atoms with Crippen LogP contribution >= 0.6 is 11.6 Å². The quantitative estimate of drug-likeness (QED) is 0.842. The summed E-state index contributed by atoms with van der Waals surface area (Å²) in [4.78, 5) is 19.4. The third kappa shape index (κ3) is 4.32. The van der Waals surface area contributed by atoms with E-state index in [9.17, 15) is 4.79 Å². The normalized spacial score (nSPS) is 17.1. The van der Waals surface area contributed by atoms with Gasteiger partial charge >= 0.3 is 0 Å². The molecule has 1 atom stereocenters. The summed E-state index contributed by atoms with van der Waals surface area (Å²) >= 11 is 5.97. The largest absolute Gasteiger partial charge is 0.307 e. The molecule has 1 aliphatic rings. The lowest BCUT2D eigenvalue weighted by Crippen LogP contribution is -2.29. The zero-order valence-corrected chi connectivity index (χ0v) is 16.2. The summed E-state index contributed by atoms with van der Waals surface area (Å²) in [5.41, 5.74) is 3.64. The number of nitrogens with zero attached hydrogens (tertiary/aromatic N) is 2. The number of benzene rings is 1. The molecule has 1 aliphatic carbocycles. The maximum Gasteiger partial charge on any atom is 0.257 e. The lowest BCUT2D eigenvalue weighted by Gasteiger charge is -2.27. The standard InChI is InChI=1S/C21H24ClN3O/c1-14-13-16(22)9-12-18(14)21(26)24-20-6-4-5-19(23-20)15-7-10-17(11-8-15)25(2)3/h4-7,9,12-13,17H,8,10-11H2,1-3H3,(H,23,24,26). The van der Waals surface area contributed by atoms with Gasteiger partial charge in [-0.25, -0.2) is 4.98 Å². The lowest BCUT2D eigenvalue weighted by atomic mass is 9.92. The number of nitrogens with one attached hydrogen (secondary N) is 1. The van der Waals surface area contributed by atoms with Gasteiger partial charge in [-0.2, -0.15) is 0 Å². The molecule has 0 saturated carbocycles. The number of hydrogen-bond donors (Lipinski definition) is 1. The Bertz CT molecular complexity index is 845. The summed E-state index contributed by atoms with van der Waals surface area (Å²) in [5.74, 6) is 0.395. The van der Waals surface area contributed by atoms with E-state index in [1.807, 2.05) is 25.1 Å². The number of carbonyl (C=O) groups excluding carboxylic acids is 1. The number of halogens is 1. The predicted molar refractivity (Wildman–Crippen MR) is 108 cm³/mol. The number of aromatic nitrogens is 1. The minimum absolute atomic E-state index is 0.172. The van der Waals surface area contributed by atoms with E-state index in [4.69, 9.17) is 11.6 Å². The van der Waals surface area contributed by atoms with Gasteiger partial charge in [0.2, 0.25) is 0 Å². The van der Waals surface area contributed by atoms with Crippen LogP contribution in [0.25, 0.3) is 5.57 Å². The molecule has 26 heavy (non-hydrogen) atoms. The molecular weight excluding hydrogens is 346 g/mol. The van der Waals surface area contributed by atoms with Gasteiger partial charge in [-0.3, -0.25) is 4.79 Å². The number of anilines is 1. The van der Waals surface area contributed by atoms with Crippen molar-refractivity contribution in [1.29, 1.82) is 0 Å². The number of aryl methyl sites for hydroxylation is 1. The summed E-state index contributed by atoms with van der Waals surface area (Å²) in [5, 5.41) is 3.52. The van der Waals surface area contributed by atoms with Crippen molar-refractivity contribution in [2.45, 2.75) is 32.2 Å². The second-order valence-corrected chi connectivity index (χ2v) is 7.38. The smallest absolute Gasteiger partial charge is 0.257 e. The van der Waals surface area contributed by atoms with E-state index in [0.717, 1.165) is 30.5 Å². The van der Waals surface area contributed by atoms with Crippen LogP contribution < -0.4 is 5.32 Å². The molecule has 0 saturated heterocycles. The number of amides is 1. The van der Waals surface area contributed by atoms with Crippen LogP contribution in [-0.4, -0.2) is 35.9 Å². The molecule has 0 spiro atoms. The molecule has 1 aromatic heterocycles. The molecule has 1 unspecified atom stereocenters. The van der Waals surface area contributed by atoms with E-state index < -0.39 is 0 Å². The third-order valence-corrected chi connectivity index (χ3v) is 5.10. The van der Waals surface area contributed by atoms with E-state index >= 15 is 0 Å². The van der Waals surface area contributed by atoms with E-state index in [0.29, 0.717) is 22.4 Å². The first-order chi connectivity index (χ1) is 12.4. The summed E-state index contributed by atoms with van der Waals surface area (Å²) < 4.78 is 0. The molecule has 0 radical (unpaired) electrons. The van der Waals surface area contributed by atoms with Crippen molar-refractivity contribution in [1.82, 2.24) is 9.88 Å². The zero-order chi connectivity index (χ0) is 18.7. The molecule has 4 nitrogen and oxygen atoms in total. The van der Waals surface area contributed by atoms with Crippen molar-refractivity contribution in [2.24, 2.45) is 0 Å². The van der Waals surface area contributed by atoms with Crippen LogP contribution in [0.2, 0.25) is 5.02 Å². The summed E-state index contributed by atoms with van der Waals surface area (Å²) in [6.45, 7) is 1.87. The van der Waals surface area contributed by atoms with Crippen molar-refractivity contribution >= 4 is 28.9 Å². The first-order valence-corrected chi connectivity index (χ1v) is 9.22. The predicted octanol–water partition coefficient (Wildman–Crippen LogP) is 4.79. The highest BCUT2D eigenvalue weighted by Crippen LogP contribution is 2.28. The molecule has 1 heterocycles. The minimum atomic E-state index is -0.172. The van der Waals surface area contributed by atoms with Gasteiger partial charge in [-0.15, -0.1) is 0 Å². The molecule has 1 N–H and O–H groups in total. The van der Waals surface area contributed by atoms with Gasteiger partial charge in [0.05, 0.1) is 5.69 Å². The van der Waals surface area contributed by atoms with E-state index in [1.165, 1.54) is 5.57 Å². The van der Waals surface area contributed by atoms with Crippen LogP contribution in [0.4, 0.5) is 5.82 Å². The number of hydrogen-bond acceptors (Lipinski definition) is 3. The first kappa shape index (κ1) is 18.6. The SMILES string of the molecule is Cc1cc(Cl)ccc1C(=O)Nc1cccc(C2=CCC(N(C)C)CC2)n1. The van der Waals surface area contributed by atoms with Crippen molar-refractivity contribution < 1.29 is 4.79 Å². The summed E-state index contributed by atoms with van der Waals surface area (Å²) in [7, 11) is 4.24. The molecule has 5 heteroatoms. The highest BCUT2D eigenvalue weighted by Gasteiger charge is 2.18.